The quantitative estimate of drug-likeness (QED) is 0.881. The zero-order valence-electron chi connectivity index (χ0n) is 12.8. The molecule has 1 aromatic rings. The smallest absolute Gasteiger partial charge is 0.241 e. The van der Waals surface area contributed by atoms with E-state index in [0.29, 0.717) is 15.9 Å². The lowest BCUT2D eigenvalue weighted by atomic mass is 9.81. The van der Waals surface area contributed by atoms with E-state index in [0.717, 1.165) is 31.5 Å². The zero-order valence-corrected chi connectivity index (χ0v) is 15.2. The maximum absolute atomic E-state index is 12.5. The lowest BCUT2D eigenvalue weighted by Gasteiger charge is -2.37. The van der Waals surface area contributed by atoms with Gasteiger partial charge in [0.1, 0.15) is 0 Å². The molecule has 0 bridgehead atoms. The molecule has 0 aliphatic carbocycles. The van der Waals surface area contributed by atoms with Crippen LogP contribution in [0.1, 0.15) is 25.3 Å². The summed E-state index contributed by atoms with van der Waals surface area (Å²) in [6, 6.07) is 5.29. The first kappa shape index (κ1) is 16.9. The molecule has 21 heavy (non-hydrogen) atoms. The lowest BCUT2D eigenvalue weighted by Crippen LogP contribution is -2.43. The second kappa shape index (κ2) is 6.36. The van der Waals surface area contributed by atoms with Gasteiger partial charge in [0.15, 0.2) is 0 Å². The Labute approximate surface area is 136 Å². The van der Waals surface area contributed by atoms with Crippen LogP contribution in [-0.2, 0) is 10.0 Å². The summed E-state index contributed by atoms with van der Waals surface area (Å²) in [5.41, 5.74) is 1.07. The van der Waals surface area contributed by atoms with E-state index < -0.39 is 10.0 Å². The minimum absolute atomic E-state index is 0.0384. The molecule has 1 aromatic carbocycles. The van der Waals surface area contributed by atoms with Crippen molar-refractivity contribution in [3.05, 3.63) is 28.2 Å². The van der Waals surface area contributed by atoms with Gasteiger partial charge in [-0.25, -0.2) is 13.1 Å². The highest BCUT2D eigenvalue weighted by Gasteiger charge is 2.30. The van der Waals surface area contributed by atoms with Crippen LogP contribution in [0.5, 0.6) is 0 Å². The monoisotopic (exact) mass is 374 g/mol. The van der Waals surface area contributed by atoms with Gasteiger partial charge >= 0.3 is 0 Å². The normalized spacial score (nSPS) is 19.6. The highest BCUT2D eigenvalue weighted by atomic mass is 79.9. The molecule has 1 aliphatic heterocycles. The summed E-state index contributed by atoms with van der Waals surface area (Å²) in [5.74, 6) is 0. The summed E-state index contributed by atoms with van der Waals surface area (Å²) in [6.45, 7) is 6.63. The van der Waals surface area contributed by atoms with Crippen molar-refractivity contribution in [2.24, 2.45) is 5.41 Å². The Morgan fingerprint density at radius 2 is 1.95 bits per heavy atom. The van der Waals surface area contributed by atoms with Crippen molar-refractivity contribution in [1.82, 2.24) is 9.62 Å². The molecule has 1 fully saturated rings. The van der Waals surface area contributed by atoms with E-state index in [1.54, 1.807) is 6.07 Å². The largest absolute Gasteiger partial charge is 0.306 e. The van der Waals surface area contributed by atoms with Crippen molar-refractivity contribution < 1.29 is 8.42 Å². The summed E-state index contributed by atoms with van der Waals surface area (Å²) in [7, 11) is -1.36. The molecule has 1 N–H and O–H groups in total. The molecule has 0 saturated carbocycles. The van der Waals surface area contributed by atoms with Gasteiger partial charge in [0.05, 0.1) is 4.90 Å². The molecule has 0 spiro atoms. The maximum atomic E-state index is 12.5. The number of nitrogens with zero attached hydrogens (tertiary/aromatic N) is 1. The van der Waals surface area contributed by atoms with Gasteiger partial charge in [0, 0.05) is 11.0 Å². The Balaban J connectivity index is 2.08. The summed E-state index contributed by atoms with van der Waals surface area (Å²) < 4.78 is 28.3. The number of rotatable bonds is 4. The number of likely N-dealkylation sites (tertiary alicyclic amines) is 1. The van der Waals surface area contributed by atoms with E-state index in [1.165, 1.54) is 0 Å². The molecule has 1 saturated heterocycles. The molecular formula is C15H23BrN2O2S. The summed E-state index contributed by atoms with van der Waals surface area (Å²) in [4.78, 5) is 2.59. The van der Waals surface area contributed by atoms with Crippen molar-refractivity contribution in [2.75, 3.05) is 26.7 Å². The van der Waals surface area contributed by atoms with Crippen LogP contribution in [0.4, 0.5) is 0 Å². The highest BCUT2D eigenvalue weighted by molar-refractivity contribution is 9.10. The molecule has 1 aliphatic rings. The van der Waals surface area contributed by atoms with Gasteiger partial charge in [-0.05, 0) is 78.9 Å². The van der Waals surface area contributed by atoms with Crippen LogP contribution in [0.3, 0.4) is 0 Å². The van der Waals surface area contributed by atoms with Gasteiger partial charge in [-0.2, -0.15) is 0 Å². The number of hydrogen-bond donors (Lipinski definition) is 1. The van der Waals surface area contributed by atoms with Crippen molar-refractivity contribution in [3.63, 3.8) is 0 Å². The minimum Gasteiger partial charge on any atom is -0.306 e. The number of sulfonamides is 1. The molecule has 0 unspecified atom stereocenters. The molecule has 0 radical (unpaired) electrons. The van der Waals surface area contributed by atoms with Crippen LogP contribution < -0.4 is 4.72 Å². The number of halogens is 1. The van der Waals surface area contributed by atoms with Gasteiger partial charge in [0.2, 0.25) is 10.0 Å². The van der Waals surface area contributed by atoms with Gasteiger partial charge in [-0.3, -0.25) is 0 Å². The maximum Gasteiger partial charge on any atom is 0.241 e. The molecule has 2 rings (SSSR count). The van der Waals surface area contributed by atoms with Crippen LogP contribution in [0.25, 0.3) is 0 Å². The van der Waals surface area contributed by atoms with Crippen molar-refractivity contribution in [3.8, 4) is 0 Å². The Morgan fingerprint density at radius 3 is 2.52 bits per heavy atom. The summed E-state index contributed by atoms with van der Waals surface area (Å²) >= 11 is 3.34. The van der Waals surface area contributed by atoms with Crippen molar-refractivity contribution >= 4 is 26.0 Å². The first-order valence-electron chi connectivity index (χ1n) is 7.16. The third-order valence-corrected chi connectivity index (χ3v) is 6.64. The van der Waals surface area contributed by atoms with Crippen molar-refractivity contribution in [2.45, 2.75) is 31.6 Å². The molecule has 0 atom stereocenters. The van der Waals surface area contributed by atoms with Crippen LogP contribution in [-0.4, -0.2) is 40.0 Å². The van der Waals surface area contributed by atoms with Crippen LogP contribution in [0.2, 0.25) is 0 Å². The molecule has 4 nitrogen and oxygen atoms in total. The van der Waals surface area contributed by atoms with E-state index >= 15 is 0 Å². The fourth-order valence-electron chi connectivity index (χ4n) is 2.51. The summed E-state index contributed by atoms with van der Waals surface area (Å²) in [6.07, 6.45) is 2.03. The number of hydrogen-bond acceptors (Lipinski definition) is 3. The highest BCUT2D eigenvalue weighted by Crippen LogP contribution is 2.30. The number of aryl methyl sites for hydroxylation is 1. The second-order valence-electron chi connectivity index (χ2n) is 6.37. The Kier molecular flexibility index (Phi) is 5.13. The van der Waals surface area contributed by atoms with E-state index in [9.17, 15) is 8.42 Å². The van der Waals surface area contributed by atoms with E-state index in [-0.39, 0.29) is 5.41 Å². The van der Waals surface area contributed by atoms with Crippen LogP contribution in [0, 0.1) is 12.3 Å². The first-order valence-corrected chi connectivity index (χ1v) is 9.44. The number of piperidine rings is 1. The first-order chi connectivity index (χ1) is 9.72. The molecule has 0 aromatic heterocycles. The Hall–Kier alpha value is -0.430. The van der Waals surface area contributed by atoms with Crippen LogP contribution in [0.15, 0.2) is 27.6 Å². The van der Waals surface area contributed by atoms with Gasteiger partial charge < -0.3 is 4.90 Å². The number of nitrogens with one attached hydrogen (secondary N) is 1. The second-order valence-corrected chi connectivity index (χ2v) is 8.96. The topological polar surface area (TPSA) is 49.4 Å². The molecule has 6 heteroatoms. The minimum atomic E-state index is -3.47. The van der Waals surface area contributed by atoms with Crippen molar-refractivity contribution in [1.29, 1.82) is 0 Å². The SMILES string of the molecule is Cc1ccc(S(=O)(=O)NCC2(C)CCN(C)CC2)c(Br)c1. The fourth-order valence-corrected chi connectivity index (χ4v) is 4.90. The molecule has 1 heterocycles. The van der Waals surface area contributed by atoms with Gasteiger partial charge in [0.25, 0.3) is 0 Å². The Bertz CT molecular complexity index is 608. The molecular weight excluding hydrogens is 352 g/mol. The zero-order chi connectivity index (χ0) is 15.7. The Morgan fingerprint density at radius 1 is 1.33 bits per heavy atom. The summed E-state index contributed by atoms with van der Waals surface area (Å²) in [5, 5.41) is 0. The standard InChI is InChI=1S/C15H23BrN2O2S/c1-12-4-5-14(13(16)10-12)21(19,20)17-11-15(2)6-8-18(3)9-7-15/h4-5,10,17H,6-9,11H2,1-3H3. The predicted octanol–water partition coefficient (Wildman–Crippen LogP) is 2.77. The van der Waals surface area contributed by atoms with Crippen LogP contribution >= 0.6 is 15.9 Å². The molecule has 118 valence electrons. The van der Waals surface area contributed by atoms with Gasteiger partial charge in [-0.15, -0.1) is 0 Å². The third kappa shape index (κ3) is 4.28. The predicted molar refractivity (Wildman–Crippen MR) is 88.9 cm³/mol. The van der Waals surface area contributed by atoms with Gasteiger partial charge in [-0.1, -0.05) is 13.0 Å². The fraction of sp³-hybridized carbons (Fsp3) is 0.600. The average Bonchev–Trinajstić information content (AvgIpc) is 2.40. The van der Waals surface area contributed by atoms with E-state index in [2.05, 4.69) is 39.5 Å². The molecule has 0 amide bonds. The third-order valence-electron chi connectivity index (χ3n) is 4.26. The average molecular weight is 375 g/mol. The lowest BCUT2D eigenvalue weighted by molar-refractivity contribution is 0.143. The van der Waals surface area contributed by atoms with E-state index in [1.807, 2.05) is 19.1 Å². The number of benzene rings is 1. The van der Waals surface area contributed by atoms with E-state index in [4.69, 9.17) is 0 Å².